The minimum atomic E-state index is 0.438. The van der Waals surface area contributed by atoms with Gasteiger partial charge in [-0.2, -0.15) is 0 Å². The molecule has 1 aliphatic heterocycles. The topological polar surface area (TPSA) is 55.3 Å². The molecular formula is C12H21N3O. The maximum atomic E-state index is 5.64. The van der Waals surface area contributed by atoms with Crippen molar-refractivity contribution in [1.82, 2.24) is 9.88 Å². The fourth-order valence-electron chi connectivity index (χ4n) is 2.28. The molecule has 4 heteroatoms. The number of piperidine rings is 1. The Kier molecular flexibility index (Phi) is 3.61. The van der Waals surface area contributed by atoms with E-state index in [1.165, 1.54) is 19.4 Å². The van der Waals surface area contributed by atoms with Crippen LogP contribution in [0.15, 0.2) is 10.6 Å². The summed E-state index contributed by atoms with van der Waals surface area (Å²) in [4.78, 5) is 6.82. The molecule has 2 rings (SSSR count). The zero-order valence-corrected chi connectivity index (χ0v) is 10.1. The van der Waals surface area contributed by atoms with Crippen molar-refractivity contribution in [3.8, 4) is 0 Å². The van der Waals surface area contributed by atoms with E-state index in [0.29, 0.717) is 18.5 Å². The van der Waals surface area contributed by atoms with E-state index in [1.807, 2.05) is 0 Å². The van der Waals surface area contributed by atoms with E-state index < -0.39 is 0 Å². The Morgan fingerprint density at radius 3 is 3.06 bits per heavy atom. The number of rotatable bonds is 3. The molecule has 0 spiro atoms. The first-order chi connectivity index (χ1) is 7.70. The van der Waals surface area contributed by atoms with E-state index in [9.17, 15) is 0 Å². The van der Waals surface area contributed by atoms with Gasteiger partial charge in [-0.3, -0.25) is 0 Å². The van der Waals surface area contributed by atoms with Crippen LogP contribution in [0.4, 0.5) is 0 Å². The van der Waals surface area contributed by atoms with Crippen LogP contribution in [-0.4, -0.2) is 29.0 Å². The monoisotopic (exact) mass is 223 g/mol. The van der Waals surface area contributed by atoms with Gasteiger partial charge in [-0.25, -0.2) is 4.98 Å². The van der Waals surface area contributed by atoms with Gasteiger partial charge in [-0.05, 0) is 33.2 Å². The van der Waals surface area contributed by atoms with E-state index >= 15 is 0 Å². The number of hydrogen-bond donors (Lipinski definition) is 1. The normalized spacial score (nSPS) is 22.9. The number of aromatic nitrogens is 1. The molecule has 0 bridgehead atoms. The molecule has 1 saturated heterocycles. The third kappa shape index (κ3) is 2.44. The molecule has 0 amide bonds. The van der Waals surface area contributed by atoms with Crippen molar-refractivity contribution < 1.29 is 4.42 Å². The highest BCUT2D eigenvalue weighted by atomic mass is 16.4. The second-order valence-corrected chi connectivity index (χ2v) is 4.80. The molecular weight excluding hydrogens is 202 g/mol. The van der Waals surface area contributed by atoms with Crippen LogP contribution in [-0.2, 0) is 6.54 Å². The fourth-order valence-corrected chi connectivity index (χ4v) is 2.28. The van der Waals surface area contributed by atoms with Crippen LogP contribution >= 0.6 is 0 Å². The molecule has 0 radical (unpaired) electrons. The molecule has 2 N–H and O–H groups in total. The lowest BCUT2D eigenvalue weighted by Gasteiger charge is -2.34. The summed E-state index contributed by atoms with van der Waals surface area (Å²) in [6.07, 6.45) is 4.15. The first-order valence-electron chi connectivity index (χ1n) is 6.09. The molecule has 16 heavy (non-hydrogen) atoms. The average molecular weight is 223 g/mol. The van der Waals surface area contributed by atoms with Gasteiger partial charge < -0.3 is 15.1 Å². The average Bonchev–Trinajstić information content (AvgIpc) is 2.77. The van der Waals surface area contributed by atoms with Crippen LogP contribution < -0.4 is 5.73 Å². The van der Waals surface area contributed by atoms with E-state index in [1.54, 1.807) is 6.20 Å². The lowest BCUT2D eigenvalue weighted by molar-refractivity contribution is 0.156. The summed E-state index contributed by atoms with van der Waals surface area (Å²) in [5.41, 5.74) is 5.52. The number of oxazole rings is 1. The Morgan fingerprint density at radius 1 is 1.62 bits per heavy atom. The molecule has 1 aliphatic rings. The predicted molar refractivity (Wildman–Crippen MR) is 63.1 cm³/mol. The van der Waals surface area contributed by atoms with E-state index in [-0.39, 0.29) is 0 Å². The van der Waals surface area contributed by atoms with Gasteiger partial charge in [0, 0.05) is 18.5 Å². The lowest BCUT2D eigenvalue weighted by atomic mass is 9.97. The van der Waals surface area contributed by atoms with Crippen LogP contribution in [0.1, 0.15) is 44.3 Å². The Labute approximate surface area is 96.8 Å². The minimum Gasteiger partial charge on any atom is -0.444 e. The molecule has 90 valence electrons. The first-order valence-corrected chi connectivity index (χ1v) is 6.09. The second kappa shape index (κ2) is 4.97. The molecule has 0 saturated carbocycles. The lowest BCUT2D eigenvalue weighted by Crippen LogP contribution is -2.39. The SMILES string of the molecule is CC(C)N1CCCC(c2ncc(CN)o2)C1. The number of nitrogens with zero attached hydrogens (tertiary/aromatic N) is 2. The molecule has 1 unspecified atom stereocenters. The zero-order valence-electron chi connectivity index (χ0n) is 10.1. The number of nitrogens with two attached hydrogens (primary N) is 1. The van der Waals surface area contributed by atoms with Crippen molar-refractivity contribution in [3.63, 3.8) is 0 Å². The summed E-state index contributed by atoms with van der Waals surface area (Å²) in [5, 5.41) is 0. The van der Waals surface area contributed by atoms with Gasteiger partial charge >= 0.3 is 0 Å². The van der Waals surface area contributed by atoms with Crippen LogP contribution in [0.3, 0.4) is 0 Å². The standard InChI is InChI=1S/C12H21N3O/c1-9(2)15-5-3-4-10(8-15)12-14-7-11(6-13)16-12/h7,9-10H,3-6,8,13H2,1-2H3. The fraction of sp³-hybridized carbons (Fsp3) is 0.750. The van der Waals surface area contributed by atoms with Gasteiger partial charge in [0.25, 0.3) is 0 Å². The molecule has 1 fully saturated rings. The van der Waals surface area contributed by atoms with Crippen molar-refractivity contribution in [2.45, 2.75) is 45.2 Å². The van der Waals surface area contributed by atoms with Crippen LogP contribution in [0.5, 0.6) is 0 Å². The van der Waals surface area contributed by atoms with Crippen LogP contribution in [0, 0.1) is 0 Å². The Hall–Kier alpha value is -0.870. The van der Waals surface area contributed by atoms with E-state index in [2.05, 4.69) is 23.7 Å². The molecule has 2 heterocycles. The molecule has 1 aromatic heterocycles. The third-order valence-corrected chi connectivity index (χ3v) is 3.30. The maximum Gasteiger partial charge on any atom is 0.198 e. The summed E-state index contributed by atoms with van der Waals surface area (Å²) in [6, 6.07) is 0.603. The summed E-state index contributed by atoms with van der Waals surface area (Å²) in [5.74, 6) is 2.10. The second-order valence-electron chi connectivity index (χ2n) is 4.80. The van der Waals surface area contributed by atoms with Gasteiger partial charge in [0.2, 0.25) is 0 Å². The quantitative estimate of drug-likeness (QED) is 0.847. The van der Waals surface area contributed by atoms with Gasteiger partial charge in [0.15, 0.2) is 5.89 Å². The smallest absolute Gasteiger partial charge is 0.198 e. The highest BCUT2D eigenvalue weighted by molar-refractivity contribution is 5.01. The van der Waals surface area contributed by atoms with Crippen LogP contribution in [0.25, 0.3) is 0 Å². The van der Waals surface area contributed by atoms with Gasteiger partial charge in [0.1, 0.15) is 5.76 Å². The number of hydrogen-bond acceptors (Lipinski definition) is 4. The van der Waals surface area contributed by atoms with Crippen molar-refractivity contribution in [2.24, 2.45) is 5.73 Å². The van der Waals surface area contributed by atoms with E-state index in [4.69, 9.17) is 10.2 Å². The molecule has 4 nitrogen and oxygen atoms in total. The highest BCUT2D eigenvalue weighted by Crippen LogP contribution is 2.27. The molecule has 1 atom stereocenters. The van der Waals surface area contributed by atoms with Crippen molar-refractivity contribution in [3.05, 3.63) is 17.8 Å². The Bertz CT molecular complexity index is 335. The predicted octanol–water partition coefficient (Wildman–Crippen LogP) is 1.72. The first kappa shape index (κ1) is 11.6. The molecule has 1 aromatic rings. The van der Waals surface area contributed by atoms with Crippen molar-refractivity contribution in [2.75, 3.05) is 13.1 Å². The third-order valence-electron chi connectivity index (χ3n) is 3.30. The van der Waals surface area contributed by atoms with Gasteiger partial charge in [-0.15, -0.1) is 0 Å². The summed E-state index contributed by atoms with van der Waals surface area (Å²) >= 11 is 0. The Balaban J connectivity index is 2.03. The Morgan fingerprint density at radius 2 is 2.44 bits per heavy atom. The summed E-state index contributed by atoms with van der Waals surface area (Å²) in [6.45, 7) is 7.17. The van der Waals surface area contributed by atoms with E-state index in [0.717, 1.165) is 18.2 Å². The summed E-state index contributed by atoms with van der Waals surface area (Å²) in [7, 11) is 0. The molecule has 0 aliphatic carbocycles. The minimum absolute atomic E-state index is 0.438. The largest absolute Gasteiger partial charge is 0.444 e. The van der Waals surface area contributed by atoms with Crippen LogP contribution in [0.2, 0.25) is 0 Å². The number of likely N-dealkylation sites (tertiary alicyclic amines) is 1. The van der Waals surface area contributed by atoms with Gasteiger partial charge in [0.05, 0.1) is 12.7 Å². The maximum absolute atomic E-state index is 5.64. The highest BCUT2D eigenvalue weighted by Gasteiger charge is 2.26. The summed E-state index contributed by atoms with van der Waals surface area (Å²) < 4.78 is 5.64. The van der Waals surface area contributed by atoms with Crippen molar-refractivity contribution >= 4 is 0 Å². The zero-order chi connectivity index (χ0) is 11.5. The van der Waals surface area contributed by atoms with Gasteiger partial charge in [-0.1, -0.05) is 0 Å². The molecule has 0 aromatic carbocycles. The van der Waals surface area contributed by atoms with Crippen molar-refractivity contribution in [1.29, 1.82) is 0 Å².